The monoisotopic (exact) mass is 185 g/mol. The Morgan fingerprint density at radius 2 is 1.83 bits per heavy atom. The van der Waals surface area contributed by atoms with Gasteiger partial charge in [0.25, 0.3) is 0 Å². The van der Waals surface area contributed by atoms with E-state index in [0.29, 0.717) is 0 Å². The standard InChI is InChI=1S/C7H11F4N/c8-4-1-5-12-6(2-3-6)7(9,10)11/h12H,1-5H2. The molecule has 0 spiro atoms. The smallest absolute Gasteiger partial charge is 0.304 e. The first-order valence-electron chi connectivity index (χ1n) is 3.89. The van der Waals surface area contributed by atoms with Crippen LogP contribution in [0.2, 0.25) is 0 Å². The molecule has 0 amide bonds. The zero-order chi connectivity index (χ0) is 9.24. The molecule has 0 radical (unpaired) electrons. The molecule has 0 aromatic rings. The molecule has 0 bridgehead atoms. The van der Waals surface area contributed by atoms with E-state index in [1.54, 1.807) is 0 Å². The summed E-state index contributed by atoms with van der Waals surface area (Å²) in [4.78, 5) is 0. The van der Waals surface area contributed by atoms with Gasteiger partial charge in [-0.2, -0.15) is 13.2 Å². The molecule has 12 heavy (non-hydrogen) atoms. The molecular formula is C7H11F4N. The van der Waals surface area contributed by atoms with Crippen molar-refractivity contribution in [1.82, 2.24) is 5.32 Å². The molecule has 0 aromatic heterocycles. The van der Waals surface area contributed by atoms with Gasteiger partial charge in [-0.1, -0.05) is 0 Å². The highest BCUT2D eigenvalue weighted by Gasteiger charge is 2.62. The predicted octanol–water partition coefficient (Wildman–Crippen LogP) is 2.03. The molecule has 0 heterocycles. The third-order valence-corrected chi connectivity index (χ3v) is 2.07. The van der Waals surface area contributed by atoms with Crippen molar-refractivity contribution in [2.45, 2.75) is 31.0 Å². The van der Waals surface area contributed by atoms with Gasteiger partial charge in [-0.05, 0) is 25.8 Å². The van der Waals surface area contributed by atoms with E-state index in [1.807, 2.05) is 0 Å². The van der Waals surface area contributed by atoms with Crippen molar-refractivity contribution in [3.05, 3.63) is 0 Å². The van der Waals surface area contributed by atoms with E-state index in [-0.39, 0.29) is 25.8 Å². The molecule has 0 aliphatic heterocycles. The summed E-state index contributed by atoms with van der Waals surface area (Å²) < 4.78 is 48.1. The molecule has 1 nitrogen and oxygen atoms in total. The third kappa shape index (κ3) is 1.88. The zero-order valence-corrected chi connectivity index (χ0v) is 6.55. The number of nitrogens with one attached hydrogen (secondary N) is 1. The minimum absolute atomic E-state index is 0.107. The first-order chi connectivity index (χ1) is 5.52. The van der Waals surface area contributed by atoms with Crippen LogP contribution >= 0.6 is 0 Å². The van der Waals surface area contributed by atoms with Gasteiger partial charge in [-0.3, -0.25) is 4.39 Å². The maximum absolute atomic E-state index is 12.2. The third-order valence-electron chi connectivity index (χ3n) is 2.07. The molecule has 0 atom stereocenters. The van der Waals surface area contributed by atoms with Crippen molar-refractivity contribution < 1.29 is 17.6 Å². The fourth-order valence-electron chi connectivity index (χ4n) is 1.08. The van der Waals surface area contributed by atoms with Crippen molar-refractivity contribution in [2.75, 3.05) is 13.2 Å². The highest BCUT2D eigenvalue weighted by Crippen LogP contribution is 2.48. The molecule has 0 aromatic carbocycles. The van der Waals surface area contributed by atoms with Gasteiger partial charge < -0.3 is 5.32 Å². The highest BCUT2D eigenvalue weighted by atomic mass is 19.4. The molecule has 1 rings (SSSR count). The van der Waals surface area contributed by atoms with Crippen LogP contribution in [-0.2, 0) is 0 Å². The summed E-state index contributed by atoms with van der Waals surface area (Å²) in [5, 5.41) is 2.35. The summed E-state index contributed by atoms with van der Waals surface area (Å²) in [6, 6.07) is 0. The summed E-state index contributed by atoms with van der Waals surface area (Å²) >= 11 is 0. The fraction of sp³-hybridized carbons (Fsp3) is 1.00. The lowest BCUT2D eigenvalue weighted by atomic mass is 10.2. The normalized spacial score (nSPS) is 21.0. The average Bonchev–Trinajstić information content (AvgIpc) is 2.67. The molecular weight excluding hydrogens is 174 g/mol. The first kappa shape index (κ1) is 9.77. The van der Waals surface area contributed by atoms with Crippen LogP contribution in [-0.4, -0.2) is 24.9 Å². The molecule has 1 N–H and O–H groups in total. The van der Waals surface area contributed by atoms with Gasteiger partial charge in [0.2, 0.25) is 0 Å². The van der Waals surface area contributed by atoms with Crippen LogP contribution in [0, 0.1) is 0 Å². The van der Waals surface area contributed by atoms with Crippen LogP contribution in [0.3, 0.4) is 0 Å². The van der Waals surface area contributed by atoms with Crippen LogP contribution in [0.25, 0.3) is 0 Å². The molecule has 0 saturated heterocycles. The number of halogens is 4. The van der Waals surface area contributed by atoms with Gasteiger partial charge in [0, 0.05) is 0 Å². The Morgan fingerprint density at radius 3 is 2.17 bits per heavy atom. The minimum Gasteiger partial charge on any atom is -0.304 e. The molecule has 1 saturated carbocycles. The molecule has 72 valence electrons. The Kier molecular flexibility index (Phi) is 2.61. The Labute approximate surface area is 68.1 Å². The van der Waals surface area contributed by atoms with E-state index in [4.69, 9.17) is 0 Å². The lowest BCUT2D eigenvalue weighted by molar-refractivity contribution is -0.165. The van der Waals surface area contributed by atoms with Crippen LogP contribution in [0.1, 0.15) is 19.3 Å². The predicted molar refractivity (Wildman–Crippen MR) is 36.6 cm³/mol. The van der Waals surface area contributed by atoms with Gasteiger partial charge >= 0.3 is 6.18 Å². The highest BCUT2D eigenvalue weighted by molar-refractivity contribution is 5.07. The number of hydrogen-bond donors (Lipinski definition) is 1. The first-order valence-corrected chi connectivity index (χ1v) is 3.89. The quantitative estimate of drug-likeness (QED) is 0.522. The van der Waals surface area contributed by atoms with E-state index in [9.17, 15) is 17.6 Å². The number of hydrogen-bond acceptors (Lipinski definition) is 1. The van der Waals surface area contributed by atoms with Crippen LogP contribution in [0.5, 0.6) is 0 Å². The second-order valence-electron chi connectivity index (χ2n) is 3.05. The van der Waals surface area contributed by atoms with Gasteiger partial charge in [-0.15, -0.1) is 0 Å². The van der Waals surface area contributed by atoms with Crippen LogP contribution in [0.15, 0.2) is 0 Å². The number of rotatable bonds is 4. The molecule has 0 unspecified atom stereocenters. The maximum atomic E-state index is 12.2. The van der Waals surface area contributed by atoms with Crippen molar-refractivity contribution in [2.24, 2.45) is 0 Å². The SMILES string of the molecule is FCCCNC1(C(F)(F)F)CC1. The van der Waals surface area contributed by atoms with Crippen molar-refractivity contribution in [3.63, 3.8) is 0 Å². The van der Waals surface area contributed by atoms with Crippen molar-refractivity contribution in [3.8, 4) is 0 Å². The number of alkyl halides is 4. The van der Waals surface area contributed by atoms with Gasteiger partial charge in [0.1, 0.15) is 5.54 Å². The van der Waals surface area contributed by atoms with Crippen LogP contribution < -0.4 is 5.32 Å². The van der Waals surface area contributed by atoms with Gasteiger partial charge in [0.05, 0.1) is 6.67 Å². The second kappa shape index (κ2) is 3.20. The minimum atomic E-state index is -4.18. The van der Waals surface area contributed by atoms with E-state index in [0.717, 1.165) is 0 Å². The van der Waals surface area contributed by atoms with Crippen molar-refractivity contribution in [1.29, 1.82) is 0 Å². The van der Waals surface area contributed by atoms with Crippen LogP contribution in [0.4, 0.5) is 17.6 Å². The Morgan fingerprint density at radius 1 is 1.25 bits per heavy atom. The van der Waals surface area contributed by atoms with Gasteiger partial charge in [0.15, 0.2) is 0 Å². The lowest BCUT2D eigenvalue weighted by Crippen LogP contribution is -2.45. The zero-order valence-electron chi connectivity index (χ0n) is 6.55. The van der Waals surface area contributed by atoms with E-state index in [2.05, 4.69) is 5.32 Å². The lowest BCUT2D eigenvalue weighted by Gasteiger charge is -2.20. The Hall–Kier alpha value is -0.320. The average molecular weight is 185 g/mol. The Balaban J connectivity index is 2.30. The molecule has 1 aliphatic carbocycles. The molecule has 1 aliphatic rings. The summed E-state index contributed by atoms with van der Waals surface area (Å²) in [6.07, 6.45) is -3.77. The van der Waals surface area contributed by atoms with Gasteiger partial charge in [-0.25, -0.2) is 0 Å². The summed E-state index contributed by atoms with van der Waals surface area (Å²) in [5.74, 6) is 0. The van der Waals surface area contributed by atoms with E-state index in [1.165, 1.54) is 0 Å². The Bertz CT molecular complexity index is 150. The van der Waals surface area contributed by atoms with E-state index >= 15 is 0 Å². The summed E-state index contributed by atoms with van der Waals surface area (Å²) in [7, 11) is 0. The maximum Gasteiger partial charge on any atom is 0.406 e. The fourth-order valence-corrected chi connectivity index (χ4v) is 1.08. The molecule has 5 heteroatoms. The van der Waals surface area contributed by atoms with Crippen molar-refractivity contribution >= 4 is 0 Å². The largest absolute Gasteiger partial charge is 0.406 e. The second-order valence-corrected chi connectivity index (χ2v) is 3.05. The summed E-state index contributed by atoms with van der Waals surface area (Å²) in [5.41, 5.74) is -1.68. The molecule has 1 fully saturated rings. The summed E-state index contributed by atoms with van der Waals surface area (Å²) in [6.45, 7) is -0.461. The topological polar surface area (TPSA) is 12.0 Å². The van der Waals surface area contributed by atoms with E-state index < -0.39 is 18.4 Å².